The molecule has 2 heterocycles. The number of nitrogens with one attached hydrogen (secondary N) is 2. The minimum absolute atomic E-state index is 0.808. The molecule has 12 heavy (non-hydrogen) atoms. The molecule has 0 aliphatic carbocycles. The van der Waals surface area contributed by atoms with E-state index in [2.05, 4.69) is 27.2 Å². The minimum atomic E-state index is 0.808. The summed E-state index contributed by atoms with van der Waals surface area (Å²) in [6.07, 6.45) is 8.20. The lowest BCUT2D eigenvalue weighted by molar-refractivity contribution is 0.749. The Morgan fingerprint density at radius 3 is 3.08 bits per heavy atom. The summed E-state index contributed by atoms with van der Waals surface area (Å²) < 4.78 is 0. The third-order valence-electron chi connectivity index (χ3n) is 1.45. The Bertz CT molecular complexity index is 315. The highest BCUT2D eigenvalue weighted by atomic mass is 15.3. The molecule has 1 radical (unpaired) electrons. The highest BCUT2D eigenvalue weighted by Crippen LogP contribution is 2.10. The Kier molecular flexibility index (Phi) is 1.74. The molecule has 0 aromatic carbocycles. The van der Waals surface area contributed by atoms with Gasteiger partial charge in [0, 0.05) is 18.0 Å². The van der Waals surface area contributed by atoms with Crippen molar-refractivity contribution >= 4 is 5.57 Å². The largest absolute Gasteiger partial charge is 0.308 e. The van der Waals surface area contributed by atoms with E-state index in [4.69, 9.17) is 0 Å². The van der Waals surface area contributed by atoms with Crippen LogP contribution in [0.3, 0.4) is 0 Å². The van der Waals surface area contributed by atoms with Crippen LogP contribution in [0.1, 0.15) is 5.69 Å². The number of rotatable bonds is 1. The van der Waals surface area contributed by atoms with Crippen LogP contribution in [-0.4, -0.2) is 10.2 Å². The molecule has 0 fully saturated rings. The second-order valence-corrected chi connectivity index (χ2v) is 2.25. The highest BCUT2D eigenvalue weighted by Gasteiger charge is 2.01. The van der Waals surface area contributed by atoms with Gasteiger partial charge in [0.15, 0.2) is 0 Å². The van der Waals surface area contributed by atoms with Crippen molar-refractivity contribution in [3.05, 3.63) is 42.5 Å². The number of allylic oxidation sites excluding steroid dienone is 2. The Hall–Kier alpha value is -1.84. The lowest BCUT2D eigenvalue weighted by Crippen LogP contribution is -2.24. The van der Waals surface area contributed by atoms with Crippen molar-refractivity contribution in [2.24, 2.45) is 0 Å². The average molecular weight is 159 g/mol. The zero-order valence-electron chi connectivity index (χ0n) is 6.28. The van der Waals surface area contributed by atoms with Crippen LogP contribution in [-0.2, 0) is 0 Å². The maximum Gasteiger partial charge on any atom is 0.0952 e. The predicted molar refractivity (Wildman–Crippen MR) is 44.1 cm³/mol. The molecule has 4 heteroatoms. The molecule has 0 bridgehead atoms. The Morgan fingerprint density at radius 1 is 1.42 bits per heavy atom. The number of nitrogens with zero attached hydrogens (tertiary/aromatic N) is 2. The summed E-state index contributed by atoms with van der Waals surface area (Å²) in [6.45, 7) is 0. The van der Waals surface area contributed by atoms with Crippen LogP contribution in [0.15, 0.2) is 30.6 Å². The van der Waals surface area contributed by atoms with E-state index in [0.29, 0.717) is 0 Å². The fourth-order valence-electron chi connectivity index (χ4n) is 0.906. The summed E-state index contributed by atoms with van der Waals surface area (Å²) in [4.78, 5) is 0. The van der Waals surface area contributed by atoms with Gasteiger partial charge in [-0.05, 0) is 18.2 Å². The molecule has 4 nitrogen and oxygen atoms in total. The molecule has 0 amide bonds. The van der Waals surface area contributed by atoms with E-state index in [0.717, 1.165) is 11.3 Å². The van der Waals surface area contributed by atoms with Crippen LogP contribution >= 0.6 is 0 Å². The van der Waals surface area contributed by atoms with E-state index < -0.39 is 0 Å². The van der Waals surface area contributed by atoms with Gasteiger partial charge in [-0.25, -0.2) is 0 Å². The lowest BCUT2D eigenvalue weighted by atomic mass is 10.2. The minimum Gasteiger partial charge on any atom is -0.308 e. The van der Waals surface area contributed by atoms with E-state index in [1.54, 1.807) is 12.4 Å². The molecule has 2 rings (SSSR count). The van der Waals surface area contributed by atoms with Gasteiger partial charge < -0.3 is 5.43 Å². The summed E-state index contributed by atoms with van der Waals surface area (Å²) in [5, 5.41) is 7.70. The van der Waals surface area contributed by atoms with Gasteiger partial charge in [0.1, 0.15) is 0 Å². The van der Waals surface area contributed by atoms with E-state index in [1.165, 1.54) is 0 Å². The number of hydrogen-bond donors (Lipinski definition) is 2. The van der Waals surface area contributed by atoms with Crippen LogP contribution < -0.4 is 10.9 Å². The van der Waals surface area contributed by atoms with Crippen molar-refractivity contribution in [3.8, 4) is 0 Å². The fraction of sp³-hybridized carbons (Fsp3) is 0. The zero-order chi connectivity index (χ0) is 8.23. The smallest absolute Gasteiger partial charge is 0.0952 e. The molecule has 59 valence electrons. The first-order valence-corrected chi connectivity index (χ1v) is 3.55. The first-order chi connectivity index (χ1) is 5.97. The molecule has 1 aromatic rings. The van der Waals surface area contributed by atoms with Gasteiger partial charge in [-0.1, -0.05) is 0 Å². The molecule has 0 unspecified atom stereocenters. The molecule has 1 aliphatic heterocycles. The second-order valence-electron chi connectivity index (χ2n) is 2.25. The lowest BCUT2D eigenvalue weighted by Gasteiger charge is -2.07. The fourth-order valence-corrected chi connectivity index (χ4v) is 0.906. The third kappa shape index (κ3) is 1.27. The third-order valence-corrected chi connectivity index (χ3v) is 1.45. The van der Waals surface area contributed by atoms with Gasteiger partial charge >= 0.3 is 0 Å². The maximum atomic E-state index is 3.93. The van der Waals surface area contributed by atoms with Crippen molar-refractivity contribution in [2.75, 3.05) is 0 Å². The number of hydrazine groups is 1. The first kappa shape index (κ1) is 6.84. The molecule has 0 saturated carbocycles. The Balaban J connectivity index is 2.31. The van der Waals surface area contributed by atoms with Gasteiger partial charge in [-0.15, -0.1) is 0 Å². The molecule has 0 atom stereocenters. The van der Waals surface area contributed by atoms with E-state index in [-0.39, 0.29) is 0 Å². The topological polar surface area (TPSA) is 49.8 Å². The Morgan fingerprint density at radius 2 is 2.42 bits per heavy atom. The summed E-state index contributed by atoms with van der Waals surface area (Å²) in [7, 11) is 0. The van der Waals surface area contributed by atoms with Crippen molar-refractivity contribution < 1.29 is 0 Å². The monoisotopic (exact) mass is 159 g/mol. The highest BCUT2D eigenvalue weighted by molar-refractivity contribution is 5.69. The molecule has 2 N–H and O–H groups in total. The van der Waals surface area contributed by atoms with E-state index in [9.17, 15) is 0 Å². The van der Waals surface area contributed by atoms with Gasteiger partial charge in [0.2, 0.25) is 0 Å². The van der Waals surface area contributed by atoms with Crippen LogP contribution in [0.25, 0.3) is 5.57 Å². The number of aromatic nitrogens is 2. The number of hydrogen-bond acceptors (Lipinski definition) is 4. The first-order valence-electron chi connectivity index (χ1n) is 3.55. The van der Waals surface area contributed by atoms with Crippen LogP contribution in [0.5, 0.6) is 0 Å². The van der Waals surface area contributed by atoms with Gasteiger partial charge in [0.05, 0.1) is 11.9 Å². The maximum absolute atomic E-state index is 3.93. The van der Waals surface area contributed by atoms with Crippen LogP contribution in [0.2, 0.25) is 0 Å². The van der Waals surface area contributed by atoms with Crippen LogP contribution in [0.4, 0.5) is 0 Å². The molecule has 1 aromatic heterocycles. The SMILES string of the molecule is [C]1=C(c2cccnn2)C=CNN1. The summed E-state index contributed by atoms with van der Waals surface area (Å²) in [5.74, 6) is 0. The van der Waals surface area contributed by atoms with Crippen LogP contribution in [0, 0.1) is 6.20 Å². The molecule has 0 saturated heterocycles. The second kappa shape index (κ2) is 3.04. The van der Waals surface area contributed by atoms with Crippen molar-refractivity contribution in [2.45, 2.75) is 0 Å². The van der Waals surface area contributed by atoms with Crippen molar-refractivity contribution in [1.29, 1.82) is 0 Å². The van der Waals surface area contributed by atoms with Crippen molar-refractivity contribution in [1.82, 2.24) is 21.0 Å². The van der Waals surface area contributed by atoms with E-state index in [1.807, 2.05) is 18.2 Å². The molecular formula is C8H7N4. The molecular weight excluding hydrogens is 152 g/mol. The molecule has 1 aliphatic rings. The molecule has 0 spiro atoms. The summed E-state index contributed by atoms with van der Waals surface area (Å²) in [5.41, 5.74) is 7.21. The predicted octanol–water partition coefficient (Wildman–Crippen LogP) is 0.242. The van der Waals surface area contributed by atoms with Gasteiger partial charge in [-0.2, -0.15) is 10.2 Å². The van der Waals surface area contributed by atoms with E-state index >= 15 is 0 Å². The Labute approximate surface area is 70.0 Å². The quantitative estimate of drug-likeness (QED) is 0.616. The van der Waals surface area contributed by atoms with Gasteiger partial charge in [-0.3, -0.25) is 5.43 Å². The average Bonchev–Trinajstić information content (AvgIpc) is 2.21. The van der Waals surface area contributed by atoms with Crippen molar-refractivity contribution in [3.63, 3.8) is 0 Å². The standard InChI is InChI=1S/C8H7N4/c1-2-8(12-10-4-1)7-3-5-9-11-6-7/h1-5,9,11H. The summed E-state index contributed by atoms with van der Waals surface area (Å²) >= 11 is 0. The summed E-state index contributed by atoms with van der Waals surface area (Å²) in [6, 6.07) is 3.72. The normalized spacial score (nSPS) is 14.5. The zero-order valence-corrected chi connectivity index (χ0v) is 6.28. The van der Waals surface area contributed by atoms with Gasteiger partial charge in [0.25, 0.3) is 0 Å².